The fourth-order valence-electron chi connectivity index (χ4n) is 3.59. The van der Waals surface area contributed by atoms with Crippen molar-refractivity contribution < 1.29 is 31.5 Å². The van der Waals surface area contributed by atoms with E-state index in [1.807, 2.05) is 35.3 Å². The van der Waals surface area contributed by atoms with Gasteiger partial charge in [0.25, 0.3) is 0 Å². The van der Waals surface area contributed by atoms with E-state index in [4.69, 9.17) is 4.74 Å². The molecule has 2 aromatic carbocycles. The maximum absolute atomic E-state index is 13.9. The molecule has 170 valence electrons. The number of nitrogens with zero attached hydrogens (tertiary/aromatic N) is 2. The Morgan fingerprint density at radius 3 is 2.53 bits per heavy atom. The maximum Gasteiger partial charge on any atom is 0.229 e. The van der Waals surface area contributed by atoms with Crippen molar-refractivity contribution in [2.24, 2.45) is 5.92 Å². The van der Waals surface area contributed by atoms with Gasteiger partial charge < -0.3 is 15.0 Å². The normalized spacial score (nSPS) is 16.4. The largest absolute Gasteiger partial charge is 0.494 e. The van der Waals surface area contributed by atoms with Gasteiger partial charge in [0.05, 0.1) is 22.7 Å². The fraction of sp³-hybridized carbons (Fsp3) is 0.333. The summed E-state index contributed by atoms with van der Waals surface area (Å²) >= 11 is 1.41. The summed E-state index contributed by atoms with van der Waals surface area (Å²) in [6.45, 7) is 3.22. The Kier molecular flexibility index (Phi) is 6.18. The van der Waals surface area contributed by atoms with E-state index in [1.54, 1.807) is 0 Å². The first-order valence-corrected chi connectivity index (χ1v) is 10.7. The van der Waals surface area contributed by atoms with Crippen LogP contribution in [0.4, 0.5) is 32.8 Å². The molecule has 1 atom stereocenters. The van der Waals surface area contributed by atoms with Gasteiger partial charge in [0.15, 0.2) is 28.4 Å². The van der Waals surface area contributed by atoms with Gasteiger partial charge in [-0.3, -0.25) is 4.79 Å². The third-order valence-electron chi connectivity index (χ3n) is 5.18. The van der Waals surface area contributed by atoms with E-state index >= 15 is 0 Å². The number of hydrogen-bond donors (Lipinski definition) is 1. The molecule has 0 unspecified atom stereocenters. The minimum absolute atomic E-state index is 0.194. The third kappa shape index (κ3) is 4.08. The van der Waals surface area contributed by atoms with Gasteiger partial charge in [-0.25, -0.2) is 26.9 Å². The molecule has 11 heteroatoms. The molecule has 0 saturated carbocycles. The third-order valence-corrected chi connectivity index (χ3v) is 6.26. The molecule has 1 fully saturated rings. The summed E-state index contributed by atoms with van der Waals surface area (Å²) in [6, 6.07) is 5.51. The number of halogens is 5. The minimum atomic E-state index is -2.27. The predicted octanol–water partition coefficient (Wildman–Crippen LogP) is 5.25. The van der Waals surface area contributed by atoms with Crippen molar-refractivity contribution in [3.63, 3.8) is 0 Å². The standard InChI is InChI=1S/C21H18F5N3O2S/c1-2-31-11-5-6-12-13(8-11)32-21(27-12)29-7-3-4-10(9-29)20(30)28-19-17(25)15(23)14(22)16(24)18(19)26/h5-6,8,10H,2-4,7,9H2,1H3,(H,28,30)/t10-/m1/s1. The van der Waals surface area contributed by atoms with E-state index in [0.717, 1.165) is 10.2 Å². The highest BCUT2D eigenvalue weighted by Gasteiger charge is 2.31. The maximum atomic E-state index is 13.9. The molecule has 1 saturated heterocycles. The second-order valence-corrected chi connectivity index (χ2v) is 8.29. The molecule has 1 aromatic heterocycles. The van der Waals surface area contributed by atoms with E-state index in [-0.39, 0.29) is 6.54 Å². The monoisotopic (exact) mass is 471 g/mol. The number of rotatable bonds is 5. The smallest absolute Gasteiger partial charge is 0.229 e. The fourth-order valence-corrected chi connectivity index (χ4v) is 4.62. The lowest BCUT2D eigenvalue weighted by Crippen LogP contribution is -2.41. The first kappa shape index (κ1) is 22.3. The number of anilines is 2. The highest BCUT2D eigenvalue weighted by Crippen LogP contribution is 2.34. The van der Waals surface area contributed by atoms with Crippen LogP contribution in [-0.4, -0.2) is 30.6 Å². The number of nitrogens with one attached hydrogen (secondary N) is 1. The number of piperidine rings is 1. The molecule has 3 aromatic rings. The van der Waals surface area contributed by atoms with Crippen molar-refractivity contribution in [2.75, 3.05) is 29.9 Å². The molecule has 5 nitrogen and oxygen atoms in total. The highest BCUT2D eigenvalue weighted by molar-refractivity contribution is 7.22. The summed E-state index contributed by atoms with van der Waals surface area (Å²) in [5.74, 6) is -11.4. The molecule has 1 aliphatic heterocycles. The minimum Gasteiger partial charge on any atom is -0.494 e. The number of aromatic nitrogens is 1. The lowest BCUT2D eigenvalue weighted by Gasteiger charge is -2.31. The molecule has 1 amide bonds. The van der Waals surface area contributed by atoms with Crippen LogP contribution in [0.1, 0.15) is 19.8 Å². The first-order valence-electron chi connectivity index (χ1n) is 9.90. The van der Waals surface area contributed by atoms with Crippen LogP contribution in [0.3, 0.4) is 0 Å². The van der Waals surface area contributed by atoms with Crippen LogP contribution in [-0.2, 0) is 4.79 Å². The predicted molar refractivity (Wildman–Crippen MR) is 111 cm³/mol. The van der Waals surface area contributed by atoms with Gasteiger partial charge in [-0.2, -0.15) is 0 Å². The topological polar surface area (TPSA) is 54.5 Å². The number of fused-ring (bicyclic) bond motifs is 1. The zero-order chi connectivity index (χ0) is 23.0. The van der Waals surface area contributed by atoms with Gasteiger partial charge >= 0.3 is 0 Å². The van der Waals surface area contributed by atoms with Crippen LogP contribution in [0.25, 0.3) is 10.2 Å². The van der Waals surface area contributed by atoms with E-state index in [2.05, 4.69) is 4.98 Å². The van der Waals surface area contributed by atoms with Crippen molar-refractivity contribution in [3.8, 4) is 5.75 Å². The van der Waals surface area contributed by atoms with Crippen LogP contribution in [0.5, 0.6) is 5.75 Å². The number of carbonyl (C=O) groups is 1. The van der Waals surface area contributed by atoms with Crippen molar-refractivity contribution in [1.29, 1.82) is 0 Å². The Balaban J connectivity index is 1.52. The summed E-state index contributed by atoms with van der Waals surface area (Å²) in [5.41, 5.74) is -0.576. The van der Waals surface area contributed by atoms with Crippen LogP contribution in [0, 0.1) is 35.0 Å². The second-order valence-electron chi connectivity index (χ2n) is 7.28. The van der Waals surface area contributed by atoms with Gasteiger partial charge in [0.1, 0.15) is 11.4 Å². The number of thiazole rings is 1. The summed E-state index contributed by atoms with van der Waals surface area (Å²) in [4.78, 5) is 19.0. The summed E-state index contributed by atoms with van der Waals surface area (Å²) in [5, 5.41) is 2.55. The quantitative estimate of drug-likeness (QED) is 0.314. The number of benzene rings is 2. The Morgan fingerprint density at radius 2 is 1.84 bits per heavy atom. The average Bonchev–Trinajstić information content (AvgIpc) is 3.23. The zero-order valence-corrected chi connectivity index (χ0v) is 17.7. The molecular weight excluding hydrogens is 453 g/mol. The van der Waals surface area contributed by atoms with E-state index in [9.17, 15) is 26.7 Å². The van der Waals surface area contributed by atoms with Crippen molar-refractivity contribution >= 4 is 38.3 Å². The molecule has 4 rings (SSSR count). The summed E-state index contributed by atoms with van der Waals surface area (Å²) < 4.78 is 74.3. The molecular formula is C21H18F5N3O2S. The Morgan fingerprint density at radius 1 is 1.16 bits per heavy atom. The Labute approximate surface area is 183 Å². The van der Waals surface area contributed by atoms with Crippen molar-refractivity contribution in [2.45, 2.75) is 19.8 Å². The van der Waals surface area contributed by atoms with Gasteiger partial charge in [0.2, 0.25) is 11.7 Å². The SMILES string of the molecule is CCOc1ccc2nc(N3CCC[C@@H](C(=O)Nc4c(F)c(F)c(F)c(F)c4F)C3)sc2c1. The number of carbonyl (C=O) groups excluding carboxylic acids is 1. The number of amides is 1. The molecule has 1 aliphatic rings. The van der Waals surface area contributed by atoms with Gasteiger partial charge in [-0.05, 0) is 38.0 Å². The van der Waals surface area contributed by atoms with Gasteiger partial charge in [0, 0.05) is 13.1 Å². The van der Waals surface area contributed by atoms with Crippen molar-refractivity contribution in [1.82, 2.24) is 4.98 Å². The van der Waals surface area contributed by atoms with Crippen LogP contribution < -0.4 is 15.0 Å². The molecule has 1 N–H and O–H groups in total. The summed E-state index contributed by atoms with van der Waals surface area (Å²) in [6.07, 6.45) is 0.992. The molecule has 2 heterocycles. The van der Waals surface area contributed by atoms with Crippen LogP contribution >= 0.6 is 11.3 Å². The van der Waals surface area contributed by atoms with Gasteiger partial charge in [-0.15, -0.1) is 0 Å². The van der Waals surface area contributed by atoms with Crippen LogP contribution in [0.2, 0.25) is 0 Å². The highest BCUT2D eigenvalue weighted by atomic mass is 32.1. The Hall–Kier alpha value is -2.95. The Bertz CT molecular complexity index is 1160. The van der Waals surface area contributed by atoms with Gasteiger partial charge in [-0.1, -0.05) is 11.3 Å². The molecule has 0 bridgehead atoms. The number of hydrogen-bond acceptors (Lipinski definition) is 5. The van der Waals surface area contributed by atoms with E-state index in [0.29, 0.717) is 36.9 Å². The van der Waals surface area contributed by atoms with Crippen LogP contribution in [0.15, 0.2) is 18.2 Å². The van der Waals surface area contributed by atoms with Crippen molar-refractivity contribution in [3.05, 3.63) is 47.3 Å². The zero-order valence-electron chi connectivity index (χ0n) is 16.9. The second kappa shape index (κ2) is 8.89. The molecule has 0 aliphatic carbocycles. The molecule has 0 spiro atoms. The average molecular weight is 471 g/mol. The number of ether oxygens (including phenoxy) is 1. The van der Waals surface area contributed by atoms with E-state index < -0.39 is 46.6 Å². The first-order chi connectivity index (χ1) is 15.3. The molecule has 0 radical (unpaired) electrons. The molecule has 32 heavy (non-hydrogen) atoms. The van der Waals surface area contributed by atoms with E-state index in [1.165, 1.54) is 11.3 Å². The summed E-state index contributed by atoms with van der Waals surface area (Å²) in [7, 11) is 0. The lowest BCUT2D eigenvalue weighted by molar-refractivity contribution is -0.120. The lowest BCUT2D eigenvalue weighted by atomic mass is 9.97.